The van der Waals surface area contributed by atoms with Crippen molar-refractivity contribution in [2.75, 3.05) is 13.2 Å². The summed E-state index contributed by atoms with van der Waals surface area (Å²) in [5.41, 5.74) is 7.52. The number of amides is 1. The Kier molecular flexibility index (Phi) is 9.98. The summed E-state index contributed by atoms with van der Waals surface area (Å²) in [7, 11) is 0. The minimum Gasteiger partial charge on any atom is -0.460 e. The average molecular weight is 314 g/mol. The monoisotopic (exact) mass is 314 g/mol. The average Bonchev–Trinajstić information content (AvgIpc) is 2.39. The Hall–Kier alpha value is -1.79. The molecule has 0 aliphatic rings. The first-order chi connectivity index (χ1) is 10.3. The SMILES string of the molecule is CC(C)(C)OC(=O)CC(CO)NC(=O)CCCCCN=[N+]=[N-]. The quantitative estimate of drug-likeness (QED) is 0.210. The lowest BCUT2D eigenvalue weighted by atomic mass is 10.1. The van der Waals surface area contributed by atoms with Crippen LogP contribution in [0.25, 0.3) is 10.4 Å². The van der Waals surface area contributed by atoms with Gasteiger partial charge in [0.05, 0.1) is 19.1 Å². The van der Waals surface area contributed by atoms with Gasteiger partial charge in [-0.1, -0.05) is 11.5 Å². The highest BCUT2D eigenvalue weighted by Gasteiger charge is 2.21. The van der Waals surface area contributed by atoms with Crippen LogP contribution in [0.15, 0.2) is 5.11 Å². The highest BCUT2D eigenvalue weighted by atomic mass is 16.6. The van der Waals surface area contributed by atoms with Gasteiger partial charge in [-0.2, -0.15) is 0 Å². The molecule has 126 valence electrons. The van der Waals surface area contributed by atoms with E-state index in [-0.39, 0.29) is 18.9 Å². The number of hydrogen-bond acceptors (Lipinski definition) is 5. The van der Waals surface area contributed by atoms with E-state index in [9.17, 15) is 14.7 Å². The second-order valence-corrected chi connectivity index (χ2v) is 6.00. The summed E-state index contributed by atoms with van der Waals surface area (Å²) >= 11 is 0. The van der Waals surface area contributed by atoms with Crippen molar-refractivity contribution in [2.45, 2.75) is 64.5 Å². The largest absolute Gasteiger partial charge is 0.460 e. The molecule has 0 aliphatic heterocycles. The van der Waals surface area contributed by atoms with Crippen LogP contribution >= 0.6 is 0 Å². The zero-order chi connectivity index (χ0) is 17.0. The van der Waals surface area contributed by atoms with Crippen LogP contribution in [0.5, 0.6) is 0 Å². The van der Waals surface area contributed by atoms with Crippen LogP contribution in [0.1, 0.15) is 52.9 Å². The van der Waals surface area contributed by atoms with E-state index in [1.54, 1.807) is 20.8 Å². The van der Waals surface area contributed by atoms with Crippen LogP contribution < -0.4 is 5.32 Å². The smallest absolute Gasteiger partial charge is 0.308 e. The Morgan fingerprint density at radius 3 is 2.55 bits per heavy atom. The molecule has 0 radical (unpaired) electrons. The van der Waals surface area contributed by atoms with Crippen LogP contribution in [-0.4, -0.2) is 41.8 Å². The molecule has 0 saturated heterocycles. The van der Waals surface area contributed by atoms with Crippen molar-refractivity contribution in [3.63, 3.8) is 0 Å². The molecule has 0 aliphatic carbocycles. The lowest BCUT2D eigenvalue weighted by Crippen LogP contribution is -2.40. The third-order valence-electron chi connectivity index (χ3n) is 2.64. The van der Waals surface area contributed by atoms with Crippen LogP contribution in [0.3, 0.4) is 0 Å². The van der Waals surface area contributed by atoms with Gasteiger partial charge in [-0.25, -0.2) is 0 Å². The molecule has 0 heterocycles. The molecule has 0 saturated carbocycles. The molecule has 0 fully saturated rings. The number of azide groups is 1. The number of nitrogens with zero attached hydrogens (tertiary/aromatic N) is 3. The number of carbonyl (C=O) groups excluding carboxylic acids is 2. The second kappa shape index (κ2) is 10.9. The third kappa shape index (κ3) is 12.0. The van der Waals surface area contributed by atoms with Crippen molar-refractivity contribution >= 4 is 11.9 Å². The Morgan fingerprint density at radius 2 is 2.00 bits per heavy atom. The van der Waals surface area contributed by atoms with Crippen LogP contribution in [0, 0.1) is 0 Å². The molecule has 0 aromatic heterocycles. The van der Waals surface area contributed by atoms with E-state index in [1.165, 1.54) is 0 Å². The highest BCUT2D eigenvalue weighted by Crippen LogP contribution is 2.09. The molecule has 0 aromatic carbocycles. The molecule has 1 unspecified atom stereocenters. The molecule has 0 bridgehead atoms. The molecule has 0 rings (SSSR count). The van der Waals surface area contributed by atoms with Gasteiger partial charge < -0.3 is 15.2 Å². The van der Waals surface area contributed by atoms with Crippen molar-refractivity contribution in [1.29, 1.82) is 0 Å². The van der Waals surface area contributed by atoms with E-state index in [2.05, 4.69) is 15.3 Å². The van der Waals surface area contributed by atoms with Gasteiger partial charge in [0.15, 0.2) is 0 Å². The number of ether oxygens (including phenoxy) is 1. The first-order valence-corrected chi connectivity index (χ1v) is 7.41. The topological polar surface area (TPSA) is 124 Å². The molecule has 0 spiro atoms. The van der Waals surface area contributed by atoms with Crippen molar-refractivity contribution in [1.82, 2.24) is 5.32 Å². The Balaban J connectivity index is 3.98. The van der Waals surface area contributed by atoms with Crippen molar-refractivity contribution < 1.29 is 19.4 Å². The number of esters is 1. The van der Waals surface area contributed by atoms with E-state index in [4.69, 9.17) is 10.3 Å². The fourth-order valence-corrected chi connectivity index (χ4v) is 1.73. The molecule has 1 amide bonds. The van der Waals surface area contributed by atoms with Gasteiger partial charge in [-0.3, -0.25) is 9.59 Å². The molecule has 0 aromatic rings. The van der Waals surface area contributed by atoms with Crippen molar-refractivity contribution in [3.05, 3.63) is 10.4 Å². The van der Waals surface area contributed by atoms with Gasteiger partial charge in [0.1, 0.15) is 5.60 Å². The third-order valence-corrected chi connectivity index (χ3v) is 2.64. The Morgan fingerprint density at radius 1 is 1.32 bits per heavy atom. The molecule has 22 heavy (non-hydrogen) atoms. The normalized spacial score (nSPS) is 12.2. The number of rotatable bonds is 10. The van der Waals surface area contributed by atoms with E-state index in [1.807, 2.05) is 0 Å². The lowest BCUT2D eigenvalue weighted by molar-refractivity contribution is -0.155. The summed E-state index contributed by atoms with van der Waals surface area (Å²) in [6.07, 6.45) is 2.43. The number of unbranched alkanes of at least 4 members (excludes halogenated alkanes) is 2. The summed E-state index contributed by atoms with van der Waals surface area (Å²) in [5.74, 6) is -0.674. The van der Waals surface area contributed by atoms with Gasteiger partial charge in [0, 0.05) is 17.9 Å². The number of nitrogens with one attached hydrogen (secondary N) is 1. The van der Waals surface area contributed by atoms with Crippen LogP contribution in [-0.2, 0) is 14.3 Å². The van der Waals surface area contributed by atoms with Crippen LogP contribution in [0.2, 0.25) is 0 Å². The molecular formula is C14H26N4O4. The van der Waals surface area contributed by atoms with Gasteiger partial charge in [0.25, 0.3) is 0 Å². The van der Waals surface area contributed by atoms with E-state index in [0.29, 0.717) is 19.4 Å². The minimum atomic E-state index is -0.634. The zero-order valence-electron chi connectivity index (χ0n) is 13.5. The molecule has 1 atom stereocenters. The molecule has 2 N–H and O–H groups in total. The Bertz CT molecular complexity index is 400. The van der Waals surface area contributed by atoms with Crippen molar-refractivity contribution in [2.24, 2.45) is 5.11 Å². The number of aliphatic hydroxyl groups excluding tert-OH is 1. The van der Waals surface area contributed by atoms with Crippen molar-refractivity contribution in [3.8, 4) is 0 Å². The van der Waals surface area contributed by atoms with Gasteiger partial charge in [0.2, 0.25) is 5.91 Å². The van der Waals surface area contributed by atoms with Gasteiger partial charge in [-0.15, -0.1) is 0 Å². The summed E-state index contributed by atoms with van der Waals surface area (Å²) in [4.78, 5) is 26.0. The van der Waals surface area contributed by atoms with Gasteiger partial charge in [-0.05, 0) is 39.1 Å². The predicted molar refractivity (Wildman–Crippen MR) is 82.0 cm³/mol. The maximum Gasteiger partial charge on any atom is 0.308 e. The number of hydrogen-bond donors (Lipinski definition) is 2. The number of aliphatic hydroxyl groups is 1. The lowest BCUT2D eigenvalue weighted by Gasteiger charge is -2.22. The first-order valence-electron chi connectivity index (χ1n) is 7.41. The Labute approximate surface area is 130 Å². The van der Waals surface area contributed by atoms with E-state index < -0.39 is 17.6 Å². The maximum absolute atomic E-state index is 11.7. The maximum atomic E-state index is 11.7. The van der Waals surface area contributed by atoms with E-state index in [0.717, 1.165) is 12.8 Å². The fourth-order valence-electron chi connectivity index (χ4n) is 1.73. The minimum absolute atomic E-state index is 0.0591. The summed E-state index contributed by atoms with van der Waals surface area (Å²) < 4.78 is 5.15. The van der Waals surface area contributed by atoms with Crippen LogP contribution in [0.4, 0.5) is 0 Å². The first kappa shape index (κ1) is 20.2. The molecule has 8 heteroatoms. The summed E-state index contributed by atoms with van der Waals surface area (Å²) in [6, 6.07) is -0.634. The van der Waals surface area contributed by atoms with E-state index >= 15 is 0 Å². The fraction of sp³-hybridized carbons (Fsp3) is 0.857. The second-order valence-electron chi connectivity index (χ2n) is 6.00. The number of carbonyl (C=O) groups is 2. The standard InChI is InChI=1S/C14H26N4O4/c1-14(2,3)22-13(21)9-11(10-19)17-12(20)7-5-4-6-8-16-18-15/h11,19H,4-10H2,1-3H3,(H,17,20). The predicted octanol–water partition coefficient (Wildman–Crippen LogP) is 2.07. The highest BCUT2D eigenvalue weighted by molar-refractivity contribution is 5.77. The molecular weight excluding hydrogens is 288 g/mol. The zero-order valence-corrected chi connectivity index (χ0v) is 13.5. The summed E-state index contributed by atoms with van der Waals surface area (Å²) in [6.45, 7) is 5.38. The van der Waals surface area contributed by atoms with Gasteiger partial charge >= 0.3 is 5.97 Å². The summed E-state index contributed by atoms with van der Waals surface area (Å²) in [5, 5.41) is 15.2. The molecule has 8 nitrogen and oxygen atoms in total.